The molecule has 5 heteroatoms. The van der Waals surface area contributed by atoms with Crippen LogP contribution in [0.15, 0.2) is 60.6 Å². The summed E-state index contributed by atoms with van der Waals surface area (Å²) in [6, 6.07) is 12.5. The minimum absolute atomic E-state index is 0.810. The van der Waals surface area contributed by atoms with Crippen LogP contribution in [0, 0.1) is 0 Å². The van der Waals surface area contributed by atoms with Gasteiger partial charge in [-0.25, -0.2) is 9.97 Å². The number of fused-ring (bicyclic) bond motifs is 2. The molecule has 29 heavy (non-hydrogen) atoms. The Morgan fingerprint density at radius 1 is 0.828 bits per heavy atom. The van der Waals surface area contributed by atoms with Gasteiger partial charge in [0.25, 0.3) is 0 Å². The SMILES string of the molecule is Clc1ccc2c(c1)CCc1cccnc1C2=C1CCN(Cc2ncccn2)CC1. The Bertz CT molecular complexity index is 1050. The molecule has 3 aromatic rings. The van der Waals surface area contributed by atoms with Crippen molar-refractivity contribution in [2.45, 2.75) is 32.2 Å². The first-order valence-electron chi connectivity index (χ1n) is 10.2. The highest BCUT2D eigenvalue weighted by Gasteiger charge is 2.25. The van der Waals surface area contributed by atoms with E-state index in [-0.39, 0.29) is 0 Å². The van der Waals surface area contributed by atoms with Crippen molar-refractivity contribution in [3.8, 4) is 0 Å². The molecule has 0 spiro atoms. The predicted molar refractivity (Wildman–Crippen MR) is 116 cm³/mol. The maximum Gasteiger partial charge on any atom is 0.142 e. The fraction of sp³-hybridized carbons (Fsp3) is 0.292. The first kappa shape index (κ1) is 18.5. The van der Waals surface area contributed by atoms with Gasteiger partial charge in [-0.2, -0.15) is 0 Å². The first-order chi connectivity index (χ1) is 14.3. The molecule has 0 N–H and O–H groups in total. The number of hydrogen-bond acceptors (Lipinski definition) is 4. The quantitative estimate of drug-likeness (QED) is 0.621. The van der Waals surface area contributed by atoms with Gasteiger partial charge >= 0.3 is 0 Å². The molecule has 0 atom stereocenters. The van der Waals surface area contributed by atoms with Gasteiger partial charge in [-0.15, -0.1) is 0 Å². The summed E-state index contributed by atoms with van der Waals surface area (Å²) in [5.41, 5.74) is 7.96. The van der Waals surface area contributed by atoms with Gasteiger partial charge in [0.05, 0.1) is 12.2 Å². The second kappa shape index (κ2) is 8.05. The molecule has 1 aliphatic heterocycles. The van der Waals surface area contributed by atoms with E-state index in [1.165, 1.54) is 27.8 Å². The smallest absolute Gasteiger partial charge is 0.142 e. The monoisotopic (exact) mass is 402 g/mol. The molecule has 1 aliphatic carbocycles. The zero-order chi connectivity index (χ0) is 19.6. The number of pyridine rings is 1. The summed E-state index contributed by atoms with van der Waals surface area (Å²) >= 11 is 6.32. The number of benzene rings is 1. The van der Waals surface area contributed by atoms with Gasteiger partial charge in [-0.3, -0.25) is 9.88 Å². The number of aromatic nitrogens is 3. The van der Waals surface area contributed by atoms with Crippen LogP contribution in [0.3, 0.4) is 0 Å². The maximum atomic E-state index is 6.32. The van der Waals surface area contributed by atoms with Gasteiger partial charge in [-0.1, -0.05) is 29.3 Å². The summed E-state index contributed by atoms with van der Waals surface area (Å²) in [7, 11) is 0. The van der Waals surface area contributed by atoms with E-state index < -0.39 is 0 Å². The number of halogens is 1. The molecule has 3 heterocycles. The molecule has 1 fully saturated rings. The molecule has 0 unspecified atom stereocenters. The van der Waals surface area contributed by atoms with Crippen LogP contribution in [-0.2, 0) is 19.4 Å². The number of piperidine rings is 1. The molecule has 0 bridgehead atoms. The second-order valence-corrected chi connectivity index (χ2v) is 8.17. The minimum atomic E-state index is 0.810. The Hall–Kier alpha value is -2.56. The van der Waals surface area contributed by atoms with Gasteiger partial charge in [0, 0.05) is 42.3 Å². The summed E-state index contributed by atoms with van der Waals surface area (Å²) in [6.07, 6.45) is 9.64. The molecular formula is C24H23ClN4. The normalized spacial score (nSPS) is 16.9. The van der Waals surface area contributed by atoms with E-state index in [9.17, 15) is 0 Å². The Morgan fingerprint density at radius 3 is 2.41 bits per heavy atom. The molecule has 1 saturated heterocycles. The van der Waals surface area contributed by atoms with E-state index in [0.717, 1.165) is 61.9 Å². The number of rotatable bonds is 2. The molecule has 4 nitrogen and oxygen atoms in total. The molecule has 5 rings (SSSR count). The second-order valence-electron chi connectivity index (χ2n) is 7.73. The number of nitrogens with zero attached hydrogens (tertiary/aromatic N) is 4. The average molecular weight is 403 g/mol. The summed E-state index contributed by atoms with van der Waals surface area (Å²) in [5.74, 6) is 0.894. The highest BCUT2D eigenvalue weighted by atomic mass is 35.5. The molecule has 0 amide bonds. The Morgan fingerprint density at radius 2 is 1.59 bits per heavy atom. The van der Waals surface area contributed by atoms with Gasteiger partial charge in [-0.05, 0) is 66.6 Å². The van der Waals surface area contributed by atoms with Crippen molar-refractivity contribution >= 4 is 17.2 Å². The standard InChI is InChI=1S/C24H23ClN4/c25-20-6-7-21-19(15-20)5-4-18-3-1-10-28-24(18)23(21)17-8-13-29(14-9-17)16-22-26-11-2-12-27-22/h1-3,6-7,10-12,15H,4-5,8-9,13-14,16H2. The van der Waals surface area contributed by atoms with Crippen molar-refractivity contribution in [3.63, 3.8) is 0 Å². The number of aryl methyl sites for hydroxylation is 2. The summed E-state index contributed by atoms with van der Waals surface area (Å²) in [4.78, 5) is 16.0. The molecule has 0 radical (unpaired) electrons. The zero-order valence-corrected chi connectivity index (χ0v) is 17.1. The lowest BCUT2D eigenvalue weighted by molar-refractivity contribution is 0.242. The van der Waals surface area contributed by atoms with Gasteiger partial charge < -0.3 is 0 Å². The largest absolute Gasteiger partial charge is 0.295 e. The molecule has 0 saturated carbocycles. The number of hydrogen-bond donors (Lipinski definition) is 0. The van der Waals surface area contributed by atoms with Gasteiger partial charge in [0.1, 0.15) is 5.82 Å². The minimum Gasteiger partial charge on any atom is -0.295 e. The van der Waals surface area contributed by atoms with Gasteiger partial charge in [0.15, 0.2) is 0 Å². The fourth-order valence-corrected chi connectivity index (χ4v) is 4.67. The van der Waals surface area contributed by atoms with E-state index >= 15 is 0 Å². The lowest BCUT2D eigenvalue weighted by Crippen LogP contribution is -2.31. The molecular weight excluding hydrogens is 380 g/mol. The third-order valence-corrected chi connectivity index (χ3v) is 6.16. The lowest BCUT2D eigenvalue weighted by Gasteiger charge is -2.29. The topological polar surface area (TPSA) is 41.9 Å². The van der Waals surface area contributed by atoms with Crippen LogP contribution in [0.4, 0.5) is 0 Å². The van der Waals surface area contributed by atoms with E-state index in [1.54, 1.807) is 0 Å². The molecule has 2 aliphatic rings. The van der Waals surface area contributed by atoms with E-state index in [1.807, 2.05) is 36.8 Å². The van der Waals surface area contributed by atoms with Crippen molar-refractivity contribution in [1.82, 2.24) is 19.9 Å². The van der Waals surface area contributed by atoms with E-state index in [2.05, 4.69) is 33.1 Å². The lowest BCUT2D eigenvalue weighted by atomic mass is 9.88. The third-order valence-electron chi connectivity index (χ3n) is 5.93. The third kappa shape index (κ3) is 3.83. The summed E-state index contributed by atoms with van der Waals surface area (Å²) in [6.45, 7) is 2.84. The van der Waals surface area contributed by atoms with E-state index in [4.69, 9.17) is 16.6 Å². The van der Waals surface area contributed by atoms with Crippen LogP contribution < -0.4 is 0 Å². The summed E-state index contributed by atoms with van der Waals surface area (Å²) < 4.78 is 0. The van der Waals surface area contributed by atoms with Crippen molar-refractivity contribution < 1.29 is 0 Å². The van der Waals surface area contributed by atoms with Crippen molar-refractivity contribution in [3.05, 3.63) is 93.8 Å². The van der Waals surface area contributed by atoms with Crippen LogP contribution in [0.25, 0.3) is 5.57 Å². The van der Waals surface area contributed by atoms with Crippen LogP contribution in [0.2, 0.25) is 5.02 Å². The fourth-order valence-electron chi connectivity index (χ4n) is 4.48. The average Bonchev–Trinajstić information content (AvgIpc) is 2.92. The highest BCUT2D eigenvalue weighted by molar-refractivity contribution is 6.30. The van der Waals surface area contributed by atoms with Crippen LogP contribution in [0.5, 0.6) is 0 Å². The van der Waals surface area contributed by atoms with Crippen LogP contribution in [0.1, 0.15) is 41.1 Å². The zero-order valence-electron chi connectivity index (χ0n) is 16.3. The number of likely N-dealkylation sites (tertiary alicyclic amines) is 1. The Balaban J connectivity index is 1.49. The van der Waals surface area contributed by atoms with Crippen LogP contribution in [-0.4, -0.2) is 32.9 Å². The molecule has 2 aromatic heterocycles. The van der Waals surface area contributed by atoms with Gasteiger partial charge in [0.2, 0.25) is 0 Å². The summed E-state index contributed by atoms with van der Waals surface area (Å²) in [5, 5.41) is 0.810. The molecule has 146 valence electrons. The molecule has 1 aromatic carbocycles. The van der Waals surface area contributed by atoms with E-state index in [0.29, 0.717) is 0 Å². The van der Waals surface area contributed by atoms with Crippen molar-refractivity contribution in [2.75, 3.05) is 13.1 Å². The first-order valence-corrected chi connectivity index (χ1v) is 10.6. The Kier molecular flexibility index (Phi) is 5.13. The van der Waals surface area contributed by atoms with Crippen molar-refractivity contribution in [1.29, 1.82) is 0 Å². The highest BCUT2D eigenvalue weighted by Crippen LogP contribution is 2.38. The van der Waals surface area contributed by atoms with Crippen LogP contribution >= 0.6 is 11.6 Å². The maximum absolute atomic E-state index is 6.32. The van der Waals surface area contributed by atoms with Crippen molar-refractivity contribution in [2.24, 2.45) is 0 Å². The Labute approximate surface area is 176 Å². The predicted octanol–water partition coefficient (Wildman–Crippen LogP) is 4.72.